The van der Waals surface area contributed by atoms with E-state index in [1.165, 1.54) is 11.3 Å². The van der Waals surface area contributed by atoms with E-state index in [9.17, 15) is 4.79 Å². The summed E-state index contributed by atoms with van der Waals surface area (Å²) in [6, 6.07) is 22.4. The third-order valence-electron chi connectivity index (χ3n) is 4.48. The van der Waals surface area contributed by atoms with Crippen LogP contribution in [0.2, 0.25) is 5.02 Å². The van der Waals surface area contributed by atoms with E-state index in [4.69, 9.17) is 21.1 Å². The van der Waals surface area contributed by atoms with Crippen LogP contribution in [0, 0.1) is 0 Å². The second kappa shape index (κ2) is 9.15. The predicted molar refractivity (Wildman–Crippen MR) is 121 cm³/mol. The summed E-state index contributed by atoms with van der Waals surface area (Å²) in [4.78, 5) is 19.4. The SMILES string of the molecule is COc1ccc(OCC(=O)N(Cc2ccccc2)c2nc3ccc(Cl)cc3s2)cc1. The van der Waals surface area contributed by atoms with Crippen molar-refractivity contribution in [2.24, 2.45) is 0 Å². The zero-order chi connectivity index (χ0) is 20.9. The lowest BCUT2D eigenvalue weighted by atomic mass is 10.2. The average Bonchev–Trinajstić information content (AvgIpc) is 3.19. The Morgan fingerprint density at radius 1 is 1.03 bits per heavy atom. The highest BCUT2D eigenvalue weighted by atomic mass is 35.5. The normalized spacial score (nSPS) is 10.7. The van der Waals surface area contributed by atoms with Crippen LogP contribution >= 0.6 is 22.9 Å². The number of nitrogens with zero attached hydrogens (tertiary/aromatic N) is 2. The van der Waals surface area contributed by atoms with Crippen LogP contribution in [0.25, 0.3) is 10.2 Å². The standard InChI is InChI=1S/C23H19ClN2O3S/c1-28-18-8-10-19(11-9-18)29-15-22(27)26(14-16-5-3-2-4-6-16)23-25-20-12-7-17(24)13-21(20)30-23/h2-13H,14-15H2,1H3. The van der Waals surface area contributed by atoms with E-state index in [0.29, 0.717) is 22.4 Å². The molecule has 3 aromatic carbocycles. The Morgan fingerprint density at radius 3 is 2.50 bits per heavy atom. The first-order chi connectivity index (χ1) is 14.6. The summed E-state index contributed by atoms with van der Waals surface area (Å²) < 4.78 is 11.8. The molecule has 4 aromatic rings. The van der Waals surface area contributed by atoms with Crippen LogP contribution in [-0.4, -0.2) is 24.6 Å². The van der Waals surface area contributed by atoms with Crippen molar-refractivity contribution in [2.75, 3.05) is 18.6 Å². The summed E-state index contributed by atoms with van der Waals surface area (Å²) in [6.07, 6.45) is 0. The maximum absolute atomic E-state index is 13.1. The van der Waals surface area contributed by atoms with E-state index in [0.717, 1.165) is 21.5 Å². The predicted octanol–water partition coefficient (Wildman–Crippen LogP) is 5.57. The van der Waals surface area contributed by atoms with Gasteiger partial charge in [0.15, 0.2) is 11.7 Å². The van der Waals surface area contributed by atoms with Crippen molar-refractivity contribution < 1.29 is 14.3 Å². The van der Waals surface area contributed by atoms with Gasteiger partial charge in [-0.25, -0.2) is 4.98 Å². The summed E-state index contributed by atoms with van der Waals surface area (Å²) in [5, 5.41) is 1.25. The van der Waals surface area contributed by atoms with Crippen molar-refractivity contribution in [2.45, 2.75) is 6.54 Å². The zero-order valence-electron chi connectivity index (χ0n) is 16.2. The minimum absolute atomic E-state index is 0.101. The third kappa shape index (κ3) is 4.72. The minimum Gasteiger partial charge on any atom is -0.497 e. The number of fused-ring (bicyclic) bond motifs is 1. The molecule has 0 saturated carbocycles. The Hall–Kier alpha value is -3.09. The molecule has 0 spiro atoms. The van der Waals surface area contributed by atoms with Gasteiger partial charge < -0.3 is 9.47 Å². The first kappa shape index (κ1) is 20.2. The fraction of sp³-hybridized carbons (Fsp3) is 0.130. The Bertz CT molecular complexity index is 1150. The van der Waals surface area contributed by atoms with Gasteiger partial charge in [0.1, 0.15) is 11.5 Å². The number of hydrogen-bond acceptors (Lipinski definition) is 5. The smallest absolute Gasteiger partial charge is 0.267 e. The molecule has 0 N–H and O–H groups in total. The van der Waals surface area contributed by atoms with Gasteiger partial charge in [-0.1, -0.05) is 53.3 Å². The van der Waals surface area contributed by atoms with E-state index in [1.54, 1.807) is 42.3 Å². The van der Waals surface area contributed by atoms with E-state index >= 15 is 0 Å². The lowest BCUT2D eigenvalue weighted by Crippen LogP contribution is -2.34. The van der Waals surface area contributed by atoms with Crippen LogP contribution in [0.4, 0.5) is 5.13 Å². The molecular weight excluding hydrogens is 420 g/mol. The van der Waals surface area contributed by atoms with Gasteiger partial charge in [-0.3, -0.25) is 9.69 Å². The fourth-order valence-electron chi connectivity index (χ4n) is 2.93. The molecule has 5 nitrogen and oxygen atoms in total. The van der Waals surface area contributed by atoms with Crippen LogP contribution in [0.15, 0.2) is 72.8 Å². The van der Waals surface area contributed by atoms with Gasteiger partial charge in [-0.05, 0) is 48.0 Å². The third-order valence-corrected chi connectivity index (χ3v) is 5.75. The molecule has 1 aromatic heterocycles. The number of methoxy groups -OCH3 is 1. The Balaban J connectivity index is 1.57. The summed E-state index contributed by atoms with van der Waals surface area (Å²) >= 11 is 7.54. The van der Waals surface area contributed by atoms with Gasteiger partial charge in [-0.15, -0.1) is 0 Å². The van der Waals surface area contributed by atoms with Crippen molar-refractivity contribution >= 4 is 44.2 Å². The molecule has 0 aliphatic rings. The number of carbonyl (C=O) groups is 1. The Morgan fingerprint density at radius 2 is 1.77 bits per heavy atom. The highest BCUT2D eigenvalue weighted by molar-refractivity contribution is 7.22. The molecule has 0 atom stereocenters. The van der Waals surface area contributed by atoms with Gasteiger partial charge in [0, 0.05) is 5.02 Å². The number of aromatic nitrogens is 1. The number of benzene rings is 3. The lowest BCUT2D eigenvalue weighted by Gasteiger charge is -2.20. The summed E-state index contributed by atoms with van der Waals surface area (Å²) in [7, 11) is 1.60. The summed E-state index contributed by atoms with van der Waals surface area (Å²) in [5.74, 6) is 1.15. The van der Waals surface area contributed by atoms with Crippen molar-refractivity contribution in [3.63, 3.8) is 0 Å². The number of carbonyl (C=O) groups excluding carboxylic acids is 1. The average molecular weight is 439 g/mol. The Kier molecular flexibility index (Phi) is 6.16. The molecule has 0 unspecified atom stereocenters. The highest BCUT2D eigenvalue weighted by Gasteiger charge is 2.21. The topological polar surface area (TPSA) is 51.7 Å². The molecule has 0 bridgehead atoms. The van der Waals surface area contributed by atoms with Gasteiger partial charge in [0.05, 0.1) is 23.9 Å². The largest absolute Gasteiger partial charge is 0.497 e. The van der Waals surface area contributed by atoms with Crippen molar-refractivity contribution in [3.05, 3.63) is 83.4 Å². The zero-order valence-corrected chi connectivity index (χ0v) is 17.8. The van der Waals surface area contributed by atoms with Crippen LogP contribution in [-0.2, 0) is 11.3 Å². The molecule has 152 valence electrons. The van der Waals surface area contributed by atoms with Crippen LogP contribution in [0.3, 0.4) is 0 Å². The van der Waals surface area contributed by atoms with E-state index in [1.807, 2.05) is 42.5 Å². The number of hydrogen-bond donors (Lipinski definition) is 0. The number of rotatable bonds is 7. The second-order valence-electron chi connectivity index (χ2n) is 6.54. The van der Waals surface area contributed by atoms with Crippen molar-refractivity contribution in [1.29, 1.82) is 0 Å². The van der Waals surface area contributed by atoms with E-state index in [2.05, 4.69) is 4.98 Å². The molecule has 7 heteroatoms. The summed E-state index contributed by atoms with van der Waals surface area (Å²) in [5.41, 5.74) is 1.81. The first-order valence-electron chi connectivity index (χ1n) is 9.29. The van der Waals surface area contributed by atoms with E-state index < -0.39 is 0 Å². The molecule has 30 heavy (non-hydrogen) atoms. The van der Waals surface area contributed by atoms with Crippen LogP contribution in [0.1, 0.15) is 5.56 Å². The van der Waals surface area contributed by atoms with Gasteiger partial charge in [0.2, 0.25) is 0 Å². The van der Waals surface area contributed by atoms with Gasteiger partial charge in [0.25, 0.3) is 5.91 Å². The number of anilines is 1. The van der Waals surface area contributed by atoms with Gasteiger partial charge >= 0.3 is 0 Å². The second-order valence-corrected chi connectivity index (χ2v) is 7.98. The number of halogens is 1. The number of ether oxygens (including phenoxy) is 2. The van der Waals surface area contributed by atoms with Gasteiger partial charge in [-0.2, -0.15) is 0 Å². The maximum Gasteiger partial charge on any atom is 0.267 e. The molecule has 0 aliphatic carbocycles. The molecule has 0 radical (unpaired) electrons. The van der Waals surface area contributed by atoms with Crippen LogP contribution in [0.5, 0.6) is 11.5 Å². The number of amides is 1. The monoisotopic (exact) mass is 438 g/mol. The van der Waals surface area contributed by atoms with E-state index in [-0.39, 0.29) is 12.5 Å². The first-order valence-corrected chi connectivity index (χ1v) is 10.5. The molecule has 1 amide bonds. The van der Waals surface area contributed by atoms with Crippen molar-refractivity contribution in [1.82, 2.24) is 4.98 Å². The molecular formula is C23H19ClN2O3S. The minimum atomic E-state index is -0.181. The van der Waals surface area contributed by atoms with Crippen molar-refractivity contribution in [3.8, 4) is 11.5 Å². The maximum atomic E-state index is 13.1. The number of thiazole rings is 1. The molecule has 0 aliphatic heterocycles. The summed E-state index contributed by atoms with van der Waals surface area (Å²) in [6.45, 7) is 0.301. The lowest BCUT2D eigenvalue weighted by molar-refractivity contribution is -0.120. The molecule has 1 heterocycles. The quantitative estimate of drug-likeness (QED) is 0.378. The molecule has 0 fully saturated rings. The van der Waals surface area contributed by atoms with Crippen LogP contribution < -0.4 is 14.4 Å². The Labute approximate surface area is 183 Å². The highest BCUT2D eigenvalue weighted by Crippen LogP contribution is 2.31. The molecule has 0 saturated heterocycles. The fourth-order valence-corrected chi connectivity index (χ4v) is 4.18. The molecule has 4 rings (SSSR count).